The Bertz CT molecular complexity index is 537. The first-order valence-corrected chi connectivity index (χ1v) is 6.06. The third-order valence-electron chi connectivity index (χ3n) is 2.66. The number of nitrogens with one attached hydrogen (secondary N) is 2. The number of benzene rings is 1. The van der Waals surface area contributed by atoms with Crippen LogP contribution in [0.4, 0.5) is 0 Å². The first-order chi connectivity index (χ1) is 8.26. The molecule has 0 unspecified atom stereocenters. The van der Waals surface area contributed by atoms with E-state index in [9.17, 15) is 4.79 Å². The number of aromatic amines is 1. The average Bonchev–Trinajstić information content (AvgIpc) is 2.71. The van der Waals surface area contributed by atoms with Crippen molar-refractivity contribution >= 4 is 33.2 Å². The summed E-state index contributed by atoms with van der Waals surface area (Å²) in [7, 11) is 1.65. The van der Waals surface area contributed by atoms with E-state index in [-0.39, 0.29) is 0 Å². The third-order valence-corrected chi connectivity index (χ3v) is 3.28. The normalized spacial score (nSPS) is 10.5. The molecule has 0 aliphatic carbocycles. The van der Waals surface area contributed by atoms with E-state index >= 15 is 0 Å². The molecular weight excluding hydrogens is 284 g/mol. The molecular formula is C12H13BrN2O2. The number of methoxy groups -OCH3 is 1. The summed E-state index contributed by atoms with van der Waals surface area (Å²) in [5.74, 6) is 0.807. The molecule has 2 aromatic rings. The minimum Gasteiger partial charge on any atom is -0.496 e. The van der Waals surface area contributed by atoms with Gasteiger partial charge in [-0.05, 0) is 40.0 Å². The van der Waals surface area contributed by atoms with Gasteiger partial charge in [-0.15, -0.1) is 0 Å². The van der Waals surface area contributed by atoms with E-state index in [2.05, 4.69) is 26.2 Å². The summed E-state index contributed by atoms with van der Waals surface area (Å²) in [6, 6.07) is 3.98. The van der Waals surface area contributed by atoms with Crippen molar-refractivity contribution in [1.29, 1.82) is 0 Å². The highest BCUT2D eigenvalue weighted by Crippen LogP contribution is 2.31. The largest absolute Gasteiger partial charge is 0.496 e. The summed E-state index contributed by atoms with van der Waals surface area (Å²) in [5, 5.41) is 3.78. The predicted octanol–water partition coefficient (Wildman–Crippen LogP) is 2.23. The van der Waals surface area contributed by atoms with Gasteiger partial charge in [0.2, 0.25) is 6.41 Å². The zero-order valence-electron chi connectivity index (χ0n) is 9.42. The van der Waals surface area contributed by atoms with E-state index in [1.54, 1.807) is 7.11 Å². The molecule has 0 spiro atoms. The second kappa shape index (κ2) is 5.23. The van der Waals surface area contributed by atoms with Crippen LogP contribution in [0.25, 0.3) is 10.9 Å². The predicted molar refractivity (Wildman–Crippen MR) is 70.3 cm³/mol. The Morgan fingerprint density at radius 3 is 3.06 bits per heavy atom. The van der Waals surface area contributed by atoms with Gasteiger partial charge in [-0.25, -0.2) is 0 Å². The Labute approximate surface area is 107 Å². The molecule has 0 saturated heterocycles. The van der Waals surface area contributed by atoms with E-state index < -0.39 is 0 Å². The third kappa shape index (κ3) is 2.44. The summed E-state index contributed by atoms with van der Waals surface area (Å²) in [6.07, 6.45) is 3.47. The van der Waals surface area contributed by atoms with Gasteiger partial charge in [0.1, 0.15) is 5.75 Å². The number of carbonyl (C=O) groups excluding carboxylic acids is 1. The molecule has 1 aromatic carbocycles. The van der Waals surface area contributed by atoms with Crippen LogP contribution < -0.4 is 10.1 Å². The molecule has 2 N–H and O–H groups in total. The molecule has 0 bridgehead atoms. The fourth-order valence-corrected chi connectivity index (χ4v) is 2.32. The molecule has 0 atom stereocenters. The number of fused-ring (bicyclic) bond motifs is 1. The lowest BCUT2D eigenvalue weighted by atomic mass is 10.1. The minimum atomic E-state index is 0.634. The van der Waals surface area contributed by atoms with E-state index in [1.165, 1.54) is 5.56 Å². The number of amides is 1. The molecule has 0 fully saturated rings. The number of carbonyl (C=O) groups is 1. The van der Waals surface area contributed by atoms with E-state index in [1.807, 2.05) is 18.3 Å². The summed E-state index contributed by atoms with van der Waals surface area (Å²) in [5.41, 5.74) is 2.22. The SMILES string of the molecule is COc1cc2c(CCNC=O)c[nH]c2cc1Br. The standard InChI is InChI=1S/C12H13BrN2O2/c1-17-12-4-9-8(2-3-14-7-16)6-15-11(9)5-10(12)13/h4-7,15H,2-3H2,1H3,(H,14,16). The highest BCUT2D eigenvalue weighted by molar-refractivity contribution is 9.10. The number of H-pyrrole nitrogens is 1. The zero-order valence-corrected chi connectivity index (χ0v) is 11.0. The highest BCUT2D eigenvalue weighted by atomic mass is 79.9. The van der Waals surface area contributed by atoms with Crippen LogP contribution in [0.3, 0.4) is 0 Å². The minimum absolute atomic E-state index is 0.634. The van der Waals surface area contributed by atoms with Crippen molar-refractivity contribution < 1.29 is 9.53 Å². The quantitative estimate of drug-likeness (QED) is 0.657. The van der Waals surface area contributed by atoms with Gasteiger partial charge < -0.3 is 15.0 Å². The van der Waals surface area contributed by atoms with Crippen molar-refractivity contribution in [3.63, 3.8) is 0 Å². The van der Waals surface area contributed by atoms with Crippen molar-refractivity contribution in [1.82, 2.24) is 10.3 Å². The van der Waals surface area contributed by atoms with Gasteiger partial charge in [0, 0.05) is 23.6 Å². The van der Waals surface area contributed by atoms with Crippen molar-refractivity contribution in [2.75, 3.05) is 13.7 Å². The molecule has 2 rings (SSSR count). The monoisotopic (exact) mass is 296 g/mol. The maximum Gasteiger partial charge on any atom is 0.207 e. The maximum absolute atomic E-state index is 10.2. The van der Waals surface area contributed by atoms with Gasteiger partial charge in [0.05, 0.1) is 11.6 Å². The Morgan fingerprint density at radius 1 is 1.53 bits per heavy atom. The molecule has 5 heteroatoms. The van der Waals surface area contributed by atoms with Crippen LogP contribution in [0.2, 0.25) is 0 Å². The van der Waals surface area contributed by atoms with E-state index in [4.69, 9.17) is 4.74 Å². The van der Waals surface area contributed by atoms with E-state index in [0.29, 0.717) is 13.0 Å². The molecule has 90 valence electrons. The zero-order chi connectivity index (χ0) is 12.3. The molecule has 4 nitrogen and oxygen atoms in total. The topological polar surface area (TPSA) is 54.1 Å². The van der Waals surface area contributed by atoms with Gasteiger partial charge in [-0.3, -0.25) is 4.79 Å². The van der Waals surface area contributed by atoms with Crippen LogP contribution in [0.5, 0.6) is 5.75 Å². The molecule has 1 aromatic heterocycles. The van der Waals surface area contributed by atoms with Crippen molar-refractivity contribution in [2.45, 2.75) is 6.42 Å². The second-order valence-electron chi connectivity index (χ2n) is 3.67. The fraction of sp³-hybridized carbons (Fsp3) is 0.250. The lowest BCUT2D eigenvalue weighted by Gasteiger charge is -2.04. The van der Waals surface area contributed by atoms with Gasteiger partial charge in [-0.1, -0.05) is 0 Å². The summed E-state index contributed by atoms with van der Waals surface area (Å²) in [6.45, 7) is 0.634. The fourth-order valence-electron chi connectivity index (χ4n) is 1.81. The molecule has 0 saturated carbocycles. The highest BCUT2D eigenvalue weighted by Gasteiger charge is 2.08. The number of ether oxygens (including phenoxy) is 1. The van der Waals surface area contributed by atoms with Gasteiger partial charge in [-0.2, -0.15) is 0 Å². The first kappa shape index (κ1) is 12.0. The van der Waals surface area contributed by atoms with Crippen LogP contribution in [0.1, 0.15) is 5.56 Å². The van der Waals surface area contributed by atoms with Gasteiger partial charge in [0.15, 0.2) is 0 Å². The van der Waals surface area contributed by atoms with Crippen LogP contribution in [0.15, 0.2) is 22.8 Å². The number of rotatable bonds is 5. The molecule has 0 aliphatic heterocycles. The number of hydrogen-bond donors (Lipinski definition) is 2. The van der Waals surface area contributed by atoms with Crippen molar-refractivity contribution in [3.05, 3.63) is 28.4 Å². The number of hydrogen-bond acceptors (Lipinski definition) is 2. The average molecular weight is 297 g/mol. The Hall–Kier alpha value is -1.49. The Kier molecular flexibility index (Phi) is 3.68. The van der Waals surface area contributed by atoms with Crippen LogP contribution in [0, 0.1) is 0 Å². The molecule has 0 radical (unpaired) electrons. The lowest BCUT2D eigenvalue weighted by Crippen LogP contribution is -2.14. The molecule has 17 heavy (non-hydrogen) atoms. The number of halogens is 1. The summed E-state index contributed by atoms with van der Waals surface area (Å²) in [4.78, 5) is 13.4. The van der Waals surface area contributed by atoms with Gasteiger partial charge in [0.25, 0.3) is 0 Å². The molecule has 0 aliphatic rings. The number of aromatic nitrogens is 1. The van der Waals surface area contributed by atoms with Crippen molar-refractivity contribution in [2.24, 2.45) is 0 Å². The lowest BCUT2D eigenvalue weighted by molar-refractivity contribution is -0.109. The Balaban J connectivity index is 2.34. The van der Waals surface area contributed by atoms with Gasteiger partial charge >= 0.3 is 0 Å². The smallest absolute Gasteiger partial charge is 0.207 e. The second-order valence-corrected chi connectivity index (χ2v) is 4.52. The molecule has 1 heterocycles. The summed E-state index contributed by atoms with van der Waals surface area (Å²) < 4.78 is 6.19. The van der Waals surface area contributed by atoms with Crippen molar-refractivity contribution in [3.8, 4) is 5.75 Å². The van der Waals surface area contributed by atoms with E-state index in [0.717, 1.165) is 27.5 Å². The van der Waals surface area contributed by atoms with Crippen LogP contribution >= 0.6 is 15.9 Å². The first-order valence-electron chi connectivity index (χ1n) is 5.26. The Morgan fingerprint density at radius 2 is 2.35 bits per heavy atom. The maximum atomic E-state index is 10.2. The van der Waals surface area contributed by atoms with Crippen LogP contribution in [-0.2, 0) is 11.2 Å². The van der Waals surface area contributed by atoms with Crippen LogP contribution in [-0.4, -0.2) is 25.0 Å². The summed E-state index contributed by atoms with van der Waals surface area (Å²) >= 11 is 3.45. The molecule has 1 amide bonds.